The van der Waals surface area contributed by atoms with E-state index in [1.165, 1.54) is 20.9 Å². The highest BCUT2D eigenvalue weighted by atomic mass is 16.5. The summed E-state index contributed by atoms with van der Waals surface area (Å²) in [6.45, 7) is 4.41. The summed E-state index contributed by atoms with van der Waals surface area (Å²) in [5, 5.41) is 11.0. The average Bonchev–Trinajstić information content (AvgIpc) is 3.90. The maximum atomic E-state index is 14.7. The van der Waals surface area contributed by atoms with Gasteiger partial charge < -0.3 is 40.5 Å². The zero-order valence-electron chi connectivity index (χ0n) is 36.9. The number of carbonyl (C=O) groups excluding carboxylic acids is 7. The van der Waals surface area contributed by atoms with Crippen molar-refractivity contribution in [3.05, 3.63) is 53.1 Å². The van der Waals surface area contributed by atoms with Gasteiger partial charge in [-0.1, -0.05) is 69.4 Å². The summed E-state index contributed by atoms with van der Waals surface area (Å²) in [6.07, 6.45) is 12.7. The number of allylic oxidation sites excluding steroid dienone is 4. The Bertz CT molecular complexity index is 1890. The molecule has 1 aromatic rings. The molecule has 0 radical (unpaired) electrons. The fourth-order valence-corrected chi connectivity index (χ4v) is 9.74. The number of ketones is 1. The first-order valence-electron chi connectivity index (χ1n) is 22.8. The molecule has 6 amide bonds. The highest BCUT2D eigenvalue weighted by Crippen LogP contribution is 2.42. The van der Waals surface area contributed by atoms with E-state index in [1.807, 2.05) is 31.2 Å². The number of likely N-dealkylation sites (N-methyl/N-ethyl adjacent to an activating group) is 1. The molecular weight excluding hydrogens is 793 g/mol. The van der Waals surface area contributed by atoms with Gasteiger partial charge in [-0.2, -0.15) is 0 Å². The van der Waals surface area contributed by atoms with E-state index in [9.17, 15) is 33.6 Å². The van der Waals surface area contributed by atoms with Gasteiger partial charge in [-0.15, -0.1) is 0 Å². The van der Waals surface area contributed by atoms with Gasteiger partial charge in [0, 0.05) is 33.7 Å². The number of hydrogen-bond acceptors (Lipinski definition) is 9. The highest BCUT2D eigenvalue weighted by Gasteiger charge is 2.45. The predicted molar refractivity (Wildman–Crippen MR) is 231 cm³/mol. The first-order chi connectivity index (χ1) is 29.8. The van der Waals surface area contributed by atoms with Crippen LogP contribution in [-0.4, -0.2) is 122 Å². The molecule has 2 heterocycles. The van der Waals surface area contributed by atoms with Gasteiger partial charge in [0.25, 0.3) is 5.91 Å². The van der Waals surface area contributed by atoms with E-state index in [1.54, 1.807) is 14.1 Å². The Labute approximate surface area is 365 Å². The Kier molecular flexibility index (Phi) is 16.4. The molecular formula is C47H66N6O9. The molecule has 6 rings (SSSR count). The second-order valence-electron chi connectivity index (χ2n) is 18.0. The number of ether oxygens (including phenoxy) is 2. The molecule has 338 valence electrons. The van der Waals surface area contributed by atoms with E-state index < -0.39 is 60.3 Å². The number of hydrogen-bond donors (Lipinski definition) is 4. The van der Waals surface area contributed by atoms with Gasteiger partial charge in [-0.05, 0) is 92.4 Å². The van der Waals surface area contributed by atoms with Crippen LogP contribution in [-0.2, 0) is 44.7 Å². The second-order valence-corrected chi connectivity index (χ2v) is 18.0. The largest absolute Gasteiger partial charge is 0.494 e. The molecule has 2 fully saturated rings. The average molecular weight is 859 g/mol. The molecule has 1 saturated heterocycles. The van der Waals surface area contributed by atoms with Gasteiger partial charge >= 0.3 is 0 Å². The molecule has 2 unspecified atom stereocenters. The molecule has 7 atom stereocenters. The van der Waals surface area contributed by atoms with Crippen molar-refractivity contribution in [1.29, 1.82) is 0 Å². The lowest BCUT2D eigenvalue weighted by Crippen LogP contribution is -2.58. The van der Waals surface area contributed by atoms with Crippen molar-refractivity contribution in [2.45, 2.75) is 134 Å². The molecule has 1 aromatic carbocycles. The van der Waals surface area contributed by atoms with Crippen molar-refractivity contribution in [2.75, 3.05) is 40.4 Å². The van der Waals surface area contributed by atoms with Crippen molar-refractivity contribution in [1.82, 2.24) is 31.1 Å². The normalized spacial score (nSPS) is 25.7. The fraction of sp³-hybridized carbons (Fsp3) is 0.638. The van der Waals surface area contributed by atoms with Crippen LogP contribution in [0.5, 0.6) is 5.75 Å². The molecule has 0 spiro atoms. The molecule has 4 bridgehead atoms. The number of amides is 6. The quantitative estimate of drug-likeness (QED) is 0.229. The number of benzene rings is 1. The Morgan fingerprint density at radius 2 is 1.76 bits per heavy atom. The van der Waals surface area contributed by atoms with Crippen LogP contribution in [0.4, 0.5) is 0 Å². The van der Waals surface area contributed by atoms with Crippen LogP contribution >= 0.6 is 0 Å². The Balaban J connectivity index is 1.12. The summed E-state index contributed by atoms with van der Waals surface area (Å²) in [6, 6.07) is 3.46. The molecule has 0 aromatic heterocycles. The molecule has 62 heavy (non-hydrogen) atoms. The third kappa shape index (κ3) is 11.9. The molecule has 2 aliphatic heterocycles. The number of Topliss-reactive ketones (excluding diaryl/α,β-unsaturated/α-hetero) is 1. The van der Waals surface area contributed by atoms with Crippen molar-refractivity contribution in [2.24, 2.45) is 17.8 Å². The summed E-state index contributed by atoms with van der Waals surface area (Å²) in [7, 11) is 3.27. The van der Waals surface area contributed by atoms with E-state index in [0.717, 1.165) is 44.1 Å². The number of nitrogens with zero attached hydrogens (tertiary/aromatic N) is 2. The van der Waals surface area contributed by atoms with Gasteiger partial charge in [-0.3, -0.25) is 33.6 Å². The smallest absolute Gasteiger partial charge is 0.290 e. The number of fused-ring (bicyclic) bond motifs is 4. The van der Waals surface area contributed by atoms with E-state index in [4.69, 9.17) is 9.47 Å². The summed E-state index contributed by atoms with van der Waals surface area (Å²) >= 11 is 0. The van der Waals surface area contributed by atoms with Gasteiger partial charge in [0.15, 0.2) is 0 Å². The minimum atomic E-state index is -1.23. The number of rotatable bonds is 12. The minimum Gasteiger partial charge on any atom is -0.494 e. The lowest BCUT2D eigenvalue weighted by molar-refractivity contribution is -0.144. The van der Waals surface area contributed by atoms with Crippen LogP contribution in [0.2, 0.25) is 0 Å². The standard InChI is InChI=1S/C47H66N6O9/c1-5-13-37(43(56)45(58)48-27-40(55)51-42(46(59)52(3)4)33-24-32-18-11-14-29(2)36(32)25-33)49-44(57)38-26-35-28-53(38)47(60)41(31-16-7-6-8-17-31)50-39(54)23-30-15-12-19-34(22-30)61-20-9-10-21-62-35/h11-12,15,18-19,22,29,31,33,35,37-38,41-42H,5-10,13-14,16-17,20-21,23-28H2,1-4H3,(H,48,58)(H,49,57)(H,50,54)(H,51,55)/t29?,33?,35-,37+,38+,41+,42+/m1/s1. The predicted octanol–water partition coefficient (Wildman–Crippen LogP) is 3.30. The van der Waals surface area contributed by atoms with E-state index >= 15 is 0 Å². The lowest BCUT2D eigenvalue weighted by Gasteiger charge is -2.35. The van der Waals surface area contributed by atoms with Crippen molar-refractivity contribution in [3.8, 4) is 5.75 Å². The first kappa shape index (κ1) is 46.5. The third-order valence-corrected chi connectivity index (χ3v) is 13.1. The van der Waals surface area contributed by atoms with Crippen LogP contribution < -0.4 is 26.0 Å². The maximum Gasteiger partial charge on any atom is 0.290 e. The van der Waals surface area contributed by atoms with Crippen molar-refractivity contribution < 1.29 is 43.0 Å². The number of carbonyl (C=O) groups is 7. The monoisotopic (exact) mass is 858 g/mol. The Morgan fingerprint density at radius 3 is 2.50 bits per heavy atom. The van der Waals surface area contributed by atoms with Crippen LogP contribution in [0.1, 0.15) is 103 Å². The Hall–Kier alpha value is -5.05. The summed E-state index contributed by atoms with van der Waals surface area (Å²) < 4.78 is 12.2. The molecule has 15 nitrogen and oxygen atoms in total. The van der Waals surface area contributed by atoms with Crippen LogP contribution in [0, 0.1) is 17.8 Å². The summed E-state index contributed by atoms with van der Waals surface area (Å²) in [4.78, 5) is 99.0. The topological polar surface area (TPSA) is 193 Å². The van der Waals surface area contributed by atoms with E-state index in [-0.39, 0.29) is 55.4 Å². The van der Waals surface area contributed by atoms with Crippen LogP contribution in [0.15, 0.2) is 47.6 Å². The molecule has 1 saturated carbocycles. The number of nitrogens with one attached hydrogen (secondary N) is 4. The van der Waals surface area contributed by atoms with Crippen LogP contribution in [0.3, 0.4) is 0 Å². The second kappa shape index (κ2) is 21.8. The van der Waals surface area contributed by atoms with Gasteiger partial charge in [0.2, 0.25) is 35.3 Å². The first-order valence-corrected chi connectivity index (χ1v) is 22.8. The minimum absolute atomic E-state index is 0.0551. The molecule has 5 aliphatic rings. The van der Waals surface area contributed by atoms with Gasteiger partial charge in [-0.25, -0.2) is 0 Å². The lowest BCUT2D eigenvalue weighted by atomic mass is 9.83. The van der Waals surface area contributed by atoms with Crippen molar-refractivity contribution in [3.63, 3.8) is 0 Å². The van der Waals surface area contributed by atoms with Crippen LogP contribution in [0.25, 0.3) is 0 Å². The molecule has 4 N–H and O–H groups in total. The zero-order chi connectivity index (χ0) is 44.3. The fourth-order valence-electron chi connectivity index (χ4n) is 9.74. The van der Waals surface area contributed by atoms with Gasteiger partial charge in [0.1, 0.15) is 23.9 Å². The van der Waals surface area contributed by atoms with Crippen molar-refractivity contribution >= 4 is 41.2 Å². The van der Waals surface area contributed by atoms with E-state index in [0.29, 0.717) is 57.0 Å². The Morgan fingerprint density at radius 1 is 0.984 bits per heavy atom. The maximum absolute atomic E-state index is 14.7. The summed E-state index contributed by atoms with van der Waals surface area (Å²) in [5.41, 5.74) is 3.26. The third-order valence-electron chi connectivity index (χ3n) is 13.1. The highest BCUT2D eigenvalue weighted by molar-refractivity contribution is 6.38. The molecule has 15 heteroatoms. The zero-order valence-corrected chi connectivity index (χ0v) is 36.9. The van der Waals surface area contributed by atoms with E-state index in [2.05, 4.69) is 40.3 Å². The SMILES string of the molecule is CCC[C@H](NC(=O)[C@@H]1C[C@@H]2CN1C(=O)[C@H](C1CCCCC1)NC(=O)Cc1cccc(c1)OCCCCO2)C(=O)C(=O)NCC(=O)N[C@H](C(=O)N(C)C)C1CC2=C(C1)C(C)CC=C2. The van der Waals surface area contributed by atoms with Gasteiger partial charge in [0.05, 0.1) is 31.7 Å². The molecule has 3 aliphatic carbocycles. The summed E-state index contributed by atoms with van der Waals surface area (Å²) in [5.74, 6) is -3.34.